The highest BCUT2D eigenvalue weighted by atomic mass is 16.5. The highest BCUT2D eigenvalue weighted by Crippen LogP contribution is 2.41. The monoisotopic (exact) mass is 258 g/mol. The van der Waals surface area contributed by atoms with Crippen LogP contribution in [0.4, 0.5) is 0 Å². The van der Waals surface area contributed by atoms with Crippen molar-refractivity contribution in [3.05, 3.63) is 29.2 Å². The van der Waals surface area contributed by atoms with Crippen molar-refractivity contribution in [3.8, 4) is 11.5 Å². The van der Waals surface area contributed by atoms with Gasteiger partial charge in [-0.1, -0.05) is 0 Å². The van der Waals surface area contributed by atoms with E-state index in [2.05, 4.69) is 0 Å². The minimum atomic E-state index is -0.746. The molecule has 0 atom stereocenters. The molecule has 1 aliphatic heterocycles. The molecule has 2 rings (SSSR count). The SMILES string of the molecule is [B]C1=C(OC(C)=O)c2ccc(OC)cc2OC1(C)C. The van der Waals surface area contributed by atoms with Gasteiger partial charge in [0.15, 0.2) is 0 Å². The van der Waals surface area contributed by atoms with Crippen molar-refractivity contribution < 1.29 is 19.0 Å². The molecule has 0 bridgehead atoms. The number of benzene rings is 1. The Kier molecular flexibility index (Phi) is 3.31. The molecule has 0 saturated heterocycles. The zero-order chi connectivity index (χ0) is 14.2. The Labute approximate surface area is 113 Å². The van der Waals surface area contributed by atoms with Crippen molar-refractivity contribution in [2.75, 3.05) is 7.11 Å². The molecule has 0 fully saturated rings. The van der Waals surface area contributed by atoms with E-state index in [0.717, 1.165) is 0 Å². The van der Waals surface area contributed by atoms with Gasteiger partial charge in [-0.25, -0.2) is 0 Å². The Hall–Kier alpha value is -1.91. The Morgan fingerprint density at radius 2 is 2.05 bits per heavy atom. The fraction of sp³-hybridized carbons (Fsp3) is 0.357. The van der Waals surface area contributed by atoms with Crippen molar-refractivity contribution in [2.24, 2.45) is 0 Å². The van der Waals surface area contributed by atoms with E-state index in [-0.39, 0.29) is 0 Å². The third-order valence-corrected chi connectivity index (χ3v) is 2.94. The van der Waals surface area contributed by atoms with Gasteiger partial charge in [0.1, 0.15) is 30.7 Å². The molecule has 0 N–H and O–H groups in total. The van der Waals surface area contributed by atoms with Crippen LogP contribution in [0.5, 0.6) is 11.5 Å². The normalized spacial score (nSPS) is 16.4. The predicted molar refractivity (Wildman–Crippen MR) is 72.1 cm³/mol. The van der Waals surface area contributed by atoms with Gasteiger partial charge in [0, 0.05) is 13.0 Å². The van der Waals surface area contributed by atoms with Crippen LogP contribution >= 0.6 is 0 Å². The van der Waals surface area contributed by atoms with Crippen molar-refractivity contribution in [1.29, 1.82) is 0 Å². The number of hydrogen-bond acceptors (Lipinski definition) is 4. The van der Waals surface area contributed by atoms with E-state index in [1.807, 2.05) is 13.8 Å². The van der Waals surface area contributed by atoms with Crippen molar-refractivity contribution in [2.45, 2.75) is 26.4 Å². The second-order valence-corrected chi connectivity index (χ2v) is 4.81. The first-order valence-electron chi connectivity index (χ1n) is 5.91. The summed E-state index contributed by atoms with van der Waals surface area (Å²) in [4.78, 5) is 11.2. The summed E-state index contributed by atoms with van der Waals surface area (Å²) in [5, 5.41) is 0. The summed E-state index contributed by atoms with van der Waals surface area (Å²) >= 11 is 0. The number of esters is 1. The van der Waals surface area contributed by atoms with Gasteiger partial charge in [-0.05, 0) is 31.5 Å². The lowest BCUT2D eigenvalue weighted by atomic mass is 9.78. The summed E-state index contributed by atoms with van der Waals surface area (Å²) in [6.07, 6.45) is 0. The van der Waals surface area contributed by atoms with E-state index in [1.54, 1.807) is 25.3 Å². The largest absolute Gasteiger partial charge is 0.497 e. The van der Waals surface area contributed by atoms with Crippen molar-refractivity contribution in [1.82, 2.24) is 0 Å². The molecule has 0 aromatic heterocycles. The lowest BCUT2D eigenvalue weighted by Crippen LogP contribution is -2.35. The summed E-state index contributed by atoms with van der Waals surface area (Å²) in [6.45, 7) is 4.97. The topological polar surface area (TPSA) is 44.8 Å². The van der Waals surface area contributed by atoms with Crippen LogP contribution in [0.15, 0.2) is 23.7 Å². The van der Waals surface area contributed by atoms with E-state index < -0.39 is 11.6 Å². The first kappa shape index (κ1) is 13.5. The Bertz CT molecular complexity index is 561. The number of methoxy groups -OCH3 is 1. The van der Waals surface area contributed by atoms with Gasteiger partial charge in [-0.15, -0.1) is 0 Å². The maximum Gasteiger partial charge on any atom is 0.308 e. The van der Waals surface area contributed by atoms with E-state index in [0.29, 0.717) is 28.3 Å². The van der Waals surface area contributed by atoms with Gasteiger partial charge in [0.2, 0.25) is 0 Å². The molecular weight excluding hydrogens is 243 g/mol. The summed E-state index contributed by atoms with van der Waals surface area (Å²) in [7, 11) is 7.61. The number of carbonyl (C=O) groups is 1. The molecule has 2 radical (unpaired) electrons. The van der Waals surface area contributed by atoms with Crippen LogP contribution in [0.25, 0.3) is 5.76 Å². The third-order valence-electron chi connectivity index (χ3n) is 2.94. The van der Waals surface area contributed by atoms with E-state index >= 15 is 0 Å². The van der Waals surface area contributed by atoms with Gasteiger partial charge < -0.3 is 14.2 Å². The third kappa shape index (κ3) is 2.45. The molecule has 1 aromatic carbocycles. The summed E-state index contributed by atoms with van der Waals surface area (Å²) in [5.74, 6) is 1.17. The minimum Gasteiger partial charge on any atom is -0.497 e. The highest BCUT2D eigenvalue weighted by molar-refractivity contribution is 6.26. The second-order valence-electron chi connectivity index (χ2n) is 4.81. The number of carbonyl (C=O) groups excluding carboxylic acids is 1. The van der Waals surface area contributed by atoms with Gasteiger partial charge >= 0.3 is 5.97 Å². The average Bonchev–Trinajstić information content (AvgIpc) is 2.33. The molecule has 4 nitrogen and oxygen atoms in total. The number of ether oxygens (including phenoxy) is 3. The Morgan fingerprint density at radius 3 is 2.63 bits per heavy atom. The predicted octanol–water partition coefficient (Wildman–Crippen LogP) is 2.27. The number of rotatable bonds is 2. The summed E-state index contributed by atoms with van der Waals surface area (Å²) < 4.78 is 16.2. The summed E-state index contributed by atoms with van der Waals surface area (Å²) in [6, 6.07) is 5.26. The van der Waals surface area contributed by atoms with E-state index in [4.69, 9.17) is 22.1 Å². The number of hydrogen-bond donors (Lipinski definition) is 0. The molecule has 0 amide bonds. The highest BCUT2D eigenvalue weighted by Gasteiger charge is 2.33. The smallest absolute Gasteiger partial charge is 0.308 e. The van der Waals surface area contributed by atoms with Gasteiger partial charge in [-0.2, -0.15) is 0 Å². The maximum absolute atomic E-state index is 11.2. The Morgan fingerprint density at radius 1 is 1.37 bits per heavy atom. The quantitative estimate of drug-likeness (QED) is 0.603. The first-order chi connectivity index (χ1) is 8.85. The molecule has 0 unspecified atom stereocenters. The molecule has 1 aromatic rings. The van der Waals surface area contributed by atoms with Crippen LogP contribution in [0, 0.1) is 0 Å². The molecule has 0 spiro atoms. The molecule has 0 saturated carbocycles. The maximum atomic E-state index is 11.2. The fourth-order valence-electron chi connectivity index (χ4n) is 1.90. The fourth-order valence-corrected chi connectivity index (χ4v) is 1.90. The van der Waals surface area contributed by atoms with E-state index in [1.165, 1.54) is 6.92 Å². The summed E-state index contributed by atoms with van der Waals surface area (Å²) in [5.41, 5.74) is 0.289. The van der Waals surface area contributed by atoms with Crippen LogP contribution in [-0.2, 0) is 9.53 Å². The number of fused-ring (bicyclic) bond motifs is 1. The molecule has 19 heavy (non-hydrogen) atoms. The van der Waals surface area contributed by atoms with Crippen LogP contribution in [-0.4, -0.2) is 26.5 Å². The minimum absolute atomic E-state index is 0.349. The van der Waals surface area contributed by atoms with Crippen LogP contribution in [0.1, 0.15) is 26.3 Å². The zero-order valence-corrected chi connectivity index (χ0v) is 11.4. The molecule has 5 heteroatoms. The zero-order valence-electron chi connectivity index (χ0n) is 11.4. The van der Waals surface area contributed by atoms with Gasteiger partial charge in [0.05, 0.1) is 12.7 Å². The Balaban J connectivity index is 2.58. The molecule has 1 aliphatic rings. The average molecular weight is 258 g/mol. The standard InChI is InChI=1S/C14H15BO4/c1-8(16)18-12-10-6-5-9(17-4)7-11(10)19-14(2,3)13(12)15/h5-7H,1-4H3. The van der Waals surface area contributed by atoms with Gasteiger partial charge in [-0.3, -0.25) is 4.79 Å². The van der Waals surface area contributed by atoms with E-state index in [9.17, 15) is 4.79 Å². The molecular formula is C14H15BO4. The first-order valence-corrected chi connectivity index (χ1v) is 5.91. The van der Waals surface area contributed by atoms with Crippen LogP contribution < -0.4 is 9.47 Å². The van der Waals surface area contributed by atoms with Gasteiger partial charge in [0.25, 0.3) is 0 Å². The lowest BCUT2D eigenvalue weighted by molar-refractivity contribution is -0.134. The molecule has 0 aliphatic carbocycles. The molecule has 98 valence electrons. The molecule has 1 heterocycles. The van der Waals surface area contributed by atoms with Crippen molar-refractivity contribution >= 4 is 19.6 Å². The van der Waals surface area contributed by atoms with Crippen LogP contribution in [0.2, 0.25) is 0 Å². The van der Waals surface area contributed by atoms with Crippen LogP contribution in [0.3, 0.4) is 0 Å². The van der Waals surface area contributed by atoms with Crippen molar-refractivity contribution in [3.63, 3.8) is 0 Å². The lowest BCUT2D eigenvalue weighted by Gasteiger charge is -2.35. The second kappa shape index (κ2) is 4.65.